The van der Waals surface area contributed by atoms with Crippen molar-refractivity contribution in [1.29, 1.82) is 0 Å². The molecule has 1 aromatic heterocycles. The van der Waals surface area contributed by atoms with E-state index in [4.69, 9.17) is 0 Å². The molecule has 0 bridgehead atoms. The van der Waals surface area contributed by atoms with Crippen molar-refractivity contribution in [3.05, 3.63) is 34.2 Å². The van der Waals surface area contributed by atoms with Crippen molar-refractivity contribution in [2.24, 2.45) is 7.05 Å². The van der Waals surface area contributed by atoms with Crippen LogP contribution >= 0.6 is 0 Å². The van der Waals surface area contributed by atoms with Crippen molar-refractivity contribution in [2.45, 2.75) is 6.18 Å². The Morgan fingerprint density at radius 2 is 2.08 bits per heavy atom. The summed E-state index contributed by atoms with van der Waals surface area (Å²) in [5, 5.41) is 0. The van der Waals surface area contributed by atoms with Gasteiger partial charge in [-0.25, -0.2) is 0 Å². The highest BCUT2D eigenvalue weighted by Gasteiger charge is 2.33. The molecule has 2 nitrogen and oxygen atoms in total. The summed E-state index contributed by atoms with van der Waals surface area (Å²) in [6.07, 6.45) is -4.48. The fourth-order valence-electron chi connectivity index (χ4n) is 0.795. The van der Waals surface area contributed by atoms with Crippen LogP contribution in [0.25, 0.3) is 0 Å². The largest absolute Gasteiger partial charge is 0.431 e. The first-order chi connectivity index (χ1) is 5.43. The zero-order valence-electron chi connectivity index (χ0n) is 6.14. The van der Waals surface area contributed by atoms with E-state index in [0.29, 0.717) is 4.57 Å². The lowest BCUT2D eigenvalue weighted by molar-refractivity contribution is -0.143. The fourth-order valence-corrected chi connectivity index (χ4v) is 0.795. The van der Waals surface area contributed by atoms with Gasteiger partial charge < -0.3 is 4.57 Å². The Morgan fingerprint density at radius 3 is 2.50 bits per heavy atom. The maximum Gasteiger partial charge on any atom is 0.431 e. The highest BCUT2D eigenvalue weighted by Crippen LogP contribution is 2.27. The monoisotopic (exact) mass is 176 g/mol. The molecule has 0 unspecified atom stereocenters. The molecule has 1 aromatic rings. The lowest BCUT2D eigenvalue weighted by Crippen LogP contribution is -2.24. The Kier molecular flexibility index (Phi) is 1.95. The Hall–Kier alpha value is -1.26. The molecular weight excluding hydrogens is 171 g/mol. The molecule has 5 heteroatoms. The van der Waals surface area contributed by atoms with Gasteiger partial charge in [-0.15, -0.1) is 0 Å². The predicted molar refractivity (Wildman–Crippen MR) is 35.5 cm³/mol. The molecule has 0 spiro atoms. The van der Waals surface area contributed by atoms with Crippen LogP contribution in [0.3, 0.4) is 0 Å². The number of nitrogens with zero attached hydrogens (tertiary/aromatic N) is 1. The van der Waals surface area contributed by atoms with Crippen LogP contribution in [0.4, 0.5) is 13.2 Å². The van der Waals surface area contributed by atoms with Gasteiger partial charge in [0.15, 0.2) is 0 Å². The summed E-state index contributed by atoms with van der Waals surface area (Å²) in [5.41, 5.74) is -1.75. The number of halogens is 3. The number of hydrogen-bond acceptors (Lipinski definition) is 1. The van der Waals surface area contributed by atoms with Crippen molar-refractivity contribution in [3.63, 3.8) is 0 Å². The molecule has 0 atom stereocenters. The van der Waals surface area contributed by atoms with E-state index < -0.39 is 17.4 Å². The molecule has 12 heavy (non-hydrogen) atoms. The Bertz CT molecular complexity index is 339. The standard InChI is InChI=1S/C7H5F3NO/c1-11-5(7(8,9)10)3-2-4-6(11)12/h2-3H,1H3. The first-order valence-electron chi connectivity index (χ1n) is 3.08. The molecule has 65 valence electrons. The van der Waals surface area contributed by atoms with Gasteiger partial charge in [0.05, 0.1) is 6.07 Å². The van der Waals surface area contributed by atoms with E-state index in [0.717, 1.165) is 19.2 Å². The smallest absolute Gasteiger partial charge is 0.307 e. The van der Waals surface area contributed by atoms with Crippen LogP contribution in [-0.4, -0.2) is 4.57 Å². The number of hydrogen-bond donors (Lipinski definition) is 0. The van der Waals surface area contributed by atoms with Gasteiger partial charge in [-0.1, -0.05) is 0 Å². The molecule has 0 amide bonds. The van der Waals surface area contributed by atoms with E-state index >= 15 is 0 Å². The van der Waals surface area contributed by atoms with Crippen LogP contribution in [0.1, 0.15) is 5.69 Å². The van der Waals surface area contributed by atoms with Gasteiger partial charge in [-0.2, -0.15) is 13.2 Å². The van der Waals surface area contributed by atoms with Crippen molar-refractivity contribution < 1.29 is 13.2 Å². The minimum Gasteiger partial charge on any atom is -0.307 e. The van der Waals surface area contributed by atoms with E-state index in [-0.39, 0.29) is 0 Å². The third-order valence-corrected chi connectivity index (χ3v) is 1.40. The molecule has 1 rings (SSSR count). The minimum atomic E-state index is -4.48. The van der Waals surface area contributed by atoms with Gasteiger partial charge in [0.1, 0.15) is 5.69 Å². The summed E-state index contributed by atoms with van der Waals surface area (Å²) in [7, 11) is 1.06. The number of pyridine rings is 1. The van der Waals surface area contributed by atoms with Crippen LogP contribution in [0.5, 0.6) is 0 Å². The second kappa shape index (κ2) is 2.66. The van der Waals surface area contributed by atoms with Gasteiger partial charge in [-0.05, 0) is 12.1 Å². The van der Waals surface area contributed by atoms with Crippen LogP contribution in [-0.2, 0) is 13.2 Å². The summed E-state index contributed by atoms with van der Waals surface area (Å²) in [6.45, 7) is 0. The van der Waals surface area contributed by atoms with Crippen molar-refractivity contribution in [3.8, 4) is 0 Å². The quantitative estimate of drug-likeness (QED) is 0.582. The summed E-state index contributed by atoms with van der Waals surface area (Å²) in [5.74, 6) is 0. The SMILES string of the molecule is Cn1c(C(F)(F)F)cc[c]c1=O. The molecule has 0 aliphatic rings. The molecule has 0 aliphatic heterocycles. The normalized spacial score (nSPS) is 11.7. The summed E-state index contributed by atoms with van der Waals surface area (Å²) >= 11 is 0. The van der Waals surface area contributed by atoms with E-state index in [2.05, 4.69) is 6.07 Å². The molecule has 0 aromatic carbocycles. The fraction of sp³-hybridized carbons (Fsp3) is 0.286. The Labute approximate surface area is 66.2 Å². The molecule has 1 heterocycles. The third kappa shape index (κ3) is 1.49. The van der Waals surface area contributed by atoms with Crippen molar-refractivity contribution >= 4 is 0 Å². The van der Waals surface area contributed by atoms with Gasteiger partial charge >= 0.3 is 6.18 Å². The number of rotatable bonds is 0. The molecule has 0 N–H and O–H groups in total. The van der Waals surface area contributed by atoms with Gasteiger partial charge in [0.25, 0.3) is 5.56 Å². The predicted octanol–water partition coefficient (Wildman–Crippen LogP) is 1.20. The second-order valence-corrected chi connectivity index (χ2v) is 2.22. The van der Waals surface area contributed by atoms with Crippen molar-refractivity contribution in [2.75, 3.05) is 0 Å². The summed E-state index contributed by atoms with van der Waals surface area (Å²) in [6, 6.07) is 3.89. The number of aromatic nitrogens is 1. The lowest BCUT2D eigenvalue weighted by atomic mass is 10.3. The summed E-state index contributed by atoms with van der Waals surface area (Å²) in [4.78, 5) is 10.7. The summed E-state index contributed by atoms with van der Waals surface area (Å²) < 4.78 is 36.7. The second-order valence-electron chi connectivity index (χ2n) is 2.22. The first kappa shape index (κ1) is 8.83. The Balaban J connectivity index is 3.36. The van der Waals surface area contributed by atoms with Gasteiger partial charge in [-0.3, -0.25) is 4.79 Å². The highest BCUT2D eigenvalue weighted by molar-refractivity contribution is 5.08. The van der Waals surface area contributed by atoms with Crippen LogP contribution < -0.4 is 5.56 Å². The van der Waals surface area contributed by atoms with E-state index in [1.807, 2.05) is 0 Å². The van der Waals surface area contributed by atoms with Gasteiger partial charge in [0, 0.05) is 7.05 Å². The van der Waals surface area contributed by atoms with Crippen LogP contribution in [0, 0.1) is 6.07 Å². The topological polar surface area (TPSA) is 22.0 Å². The highest BCUT2D eigenvalue weighted by atomic mass is 19.4. The molecule has 1 radical (unpaired) electrons. The first-order valence-corrected chi connectivity index (χ1v) is 3.08. The van der Waals surface area contributed by atoms with Crippen LogP contribution in [0.2, 0.25) is 0 Å². The molecular formula is C7H5F3NO. The Morgan fingerprint density at radius 1 is 1.50 bits per heavy atom. The maximum atomic E-state index is 12.1. The van der Waals surface area contributed by atoms with Gasteiger partial charge in [0.2, 0.25) is 0 Å². The molecule has 0 aliphatic carbocycles. The van der Waals surface area contributed by atoms with Crippen molar-refractivity contribution in [1.82, 2.24) is 4.57 Å². The lowest BCUT2D eigenvalue weighted by Gasteiger charge is -2.09. The minimum absolute atomic E-state index is 0.514. The van der Waals surface area contributed by atoms with E-state index in [1.165, 1.54) is 0 Å². The third-order valence-electron chi connectivity index (χ3n) is 1.40. The van der Waals surface area contributed by atoms with Crippen LogP contribution in [0.15, 0.2) is 16.9 Å². The average Bonchev–Trinajstić information content (AvgIpc) is 1.92. The molecule has 0 saturated heterocycles. The average molecular weight is 176 g/mol. The maximum absolute atomic E-state index is 12.1. The van der Waals surface area contributed by atoms with E-state index in [9.17, 15) is 18.0 Å². The zero-order valence-corrected chi connectivity index (χ0v) is 6.14. The number of alkyl halides is 3. The van der Waals surface area contributed by atoms with E-state index in [1.54, 1.807) is 0 Å². The zero-order chi connectivity index (χ0) is 9.35. The molecule has 0 fully saturated rings. The molecule has 0 saturated carbocycles.